The molecule has 8 heteroatoms. The first-order chi connectivity index (χ1) is 20.4. The lowest BCUT2D eigenvalue weighted by Crippen LogP contribution is -2.64. The second-order valence-electron chi connectivity index (χ2n) is 22.2. The lowest BCUT2D eigenvalue weighted by atomic mass is 9.75. The number of hydroxylamine groups is 6. The maximum Gasteiger partial charge on any atom is 0.0451 e. The Balaban J connectivity index is 0.000000353. The number of rotatable bonds is 4. The van der Waals surface area contributed by atoms with Crippen molar-refractivity contribution in [3.05, 3.63) is 0 Å². The van der Waals surface area contributed by atoms with Crippen LogP contribution in [-0.4, -0.2) is 87.7 Å². The first-order valence-electron chi connectivity index (χ1n) is 18.4. The topological polar surface area (TPSA) is 94.5 Å². The van der Waals surface area contributed by atoms with E-state index in [0.717, 1.165) is 32.2 Å². The summed E-state index contributed by atoms with van der Waals surface area (Å²) in [6.07, 6.45) is 5.22. The van der Waals surface area contributed by atoms with Crippen molar-refractivity contribution in [2.24, 2.45) is 17.3 Å². The van der Waals surface area contributed by atoms with Crippen LogP contribution in [-0.2, 0) is 0 Å². The normalized spacial score (nSPS) is 29.1. The zero-order valence-electron chi connectivity index (χ0n) is 35.2. The highest BCUT2D eigenvalue weighted by Crippen LogP contribution is 2.48. The first kappa shape index (κ1) is 44.7. The molecule has 0 aromatic rings. The fourth-order valence-corrected chi connectivity index (χ4v) is 8.58. The van der Waals surface area contributed by atoms with Crippen molar-refractivity contribution in [2.75, 3.05) is 6.54 Å². The molecule has 0 amide bonds. The molecule has 3 aliphatic heterocycles. The molecular formula is C39H83N5O3. The minimum atomic E-state index is -0.162. The van der Waals surface area contributed by atoms with Gasteiger partial charge in [0.05, 0.1) is 0 Å². The van der Waals surface area contributed by atoms with Gasteiger partial charge < -0.3 is 26.3 Å². The van der Waals surface area contributed by atoms with Crippen LogP contribution in [0.5, 0.6) is 0 Å². The van der Waals surface area contributed by atoms with E-state index in [1.165, 1.54) is 16.5 Å². The van der Waals surface area contributed by atoms with Crippen LogP contribution in [0.4, 0.5) is 0 Å². The van der Waals surface area contributed by atoms with Gasteiger partial charge in [-0.1, -0.05) is 20.8 Å². The van der Waals surface area contributed by atoms with E-state index in [0.29, 0.717) is 23.3 Å². The third-order valence-electron chi connectivity index (χ3n) is 10.7. The molecule has 2 atom stereocenters. The van der Waals surface area contributed by atoms with Crippen LogP contribution in [0.25, 0.3) is 0 Å². The zero-order valence-corrected chi connectivity index (χ0v) is 35.2. The average Bonchev–Trinajstić information content (AvgIpc) is 3.06. The van der Waals surface area contributed by atoms with Crippen molar-refractivity contribution < 1.29 is 15.6 Å². The summed E-state index contributed by atoms with van der Waals surface area (Å²) < 4.78 is 0. The molecule has 2 unspecified atom stereocenters. The Labute approximate surface area is 292 Å². The molecular weight excluding hydrogens is 586 g/mol. The molecule has 0 bridgehead atoms. The highest BCUT2D eigenvalue weighted by atomic mass is 16.5. The van der Waals surface area contributed by atoms with Crippen molar-refractivity contribution in [3.8, 4) is 0 Å². The number of hydrogen-bond donors (Lipinski definition) is 5. The molecule has 3 fully saturated rings. The second-order valence-corrected chi connectivity index (χ2v) is 22.2. The fraction of sp³-hybridized carbons (Fsp3) is 1.00. The maximum absolute atomic E-state index is 10.2. The minimum Gasteiger partial charge on any atom is -0.313 e. The van der Waals surface area contributed by atoms with Crippen molar-refractivity contribution in [1.29, 1.82) is 0 Å². The molecule has 0 spiro atoms. The van der Waals surface area contributed by atoms with Gasteiger partial charge in [-0.15, -0.1) is 0 Å². The Morgan fingerprint density at radius 2 is 0.851 bits per heavy atom. The number of nitrogens with zero attached hydrogens (tertiary/aromatic N) is 3. The first-order valence-corrected chi connectivity index (χ1v) is 18.4. The maximum atomic E-state index is 10.2. The van der Waals surface area contributed by atoms with Gasteiger partial charge in [-0.05, 0) is 174 Å². The predicted molar refractivity (Wildman–Crippen MR) is 199 cm³/mol. The molecule has 0 aromatic carbocycles. The Morgan fingerprint density at radius 1 is 0.511 bits per heavy atom. The molecule has 0 aliphatic carbocycles. The van der Waals surface area contributed by atoms with E-state index in [2.05, 4.69) is 156 Å². The smallest absolute Gasteiger partial charge is 0.0451 e. The standard InChI is InChI=1S/2C13H28N2O.C13H27NO/c1-11(2,3)14-9-10-8-12(4,5)15(16)13(10,6)7;1-11(2,3)14-10-8-12(4,5)15(16)13(6,7)9-10;1-11(2,3)8-10-9-12(4,5)14(15)13(10,6)7/h2*10,14,16H,8-9H2,1-7H3;10,15H,8-9H2,1-7H3. The Morgan fingerprint density at radius 3 is 1.13 bits per heavy atom. The Hall–Kier alpha value is -0.320. The van der Waals surface area contributed by atoms with Crippen LogP contribution in [0.2, 0.25) is 0 Å². The predicted octanol–water partition coefficient (Wildman–Crippen LogP) is 9.12. The van der Waals surface area contributed by atoms with Crippen LogP contribution < -0.4 is 10.6 Å². The lowest BCUT2D eigenvalue weighted by molar-refractivity contribution is -0.246. The van der Waals surface area contributed by atoms with Crippen molar-refractivity contribution in [3.63, 3.8) is 0 Å². The van der Waals surface area contributed by atoms with E-state index in [-0.39, 0.29) is 44.3 Å². The molecule has 3 rings (SSSR count). The number of piperidine rings is 1. The summed E-state index contributed by atoms with van der Waals surface area (Å²) in [5.74, 6) is 1.05. The molecule has 0 saturated carbocycles. The highest BCUT2D eigenvalue weighted by Gasteiger charge is 2.52. The van der Waals surface area contributed by atoms with Crippen molar-refractivity contribution >= 4 is 0 Å². The molecule has 3 aliphatic rings. The van der Waals surface area contributed by atoms with Crippen LogP contribution >= 0.6 is 0 Å². The molecule has 5 N–H and O–H groups in total. The summed E-state index contributed by atoms with van der Waals surface area (Å²) >= 11 is 0. The second kappa shape index (κ2) is 14.4. The van der Waals surface area contributed by atoms with E-state index < -0.39 is 0 Å². The molecule has 0 radical (unpaired) electrons. The fourth-order valence-electron chi connectivity index (χ4n) is 8.58. The molecule has 8 nitrogen and oxygen atoms in total. The van der Waals surface area contributed by atoms with E-state index in [1.807, 2.05) is 0 Å². The molecule has 0 aromatic heterocycles. The monoisotopic (exact) mass is 670 g/mol. The van der Waals surface area contributed by atoms with Crippen molar-refractivity contribution in [1.82, 2.24) is 25.8 Å². The third kappa shape index (κ3) is 12.4. The summed E-state index contributed by atoms with van der Waals surface area (Å²) in [5, 5.41) is 42.4. The zero-order chi connectivity index (χ0) is 37.6. The van der Waals surface area contributed by atoms with E-state index >= 15 is 0 Å². The van der Waals surface area contributed by atoms with Gasteiger partial charge in [0.25, 0.3) is 0 Å². The van der Waals surface area contributed by atoms with E-state index in [9.17, 15) is 15.6 Å². The van der Waals surface area contributed by atoms with Crippen LogP contribution in [0, 0.1) is 17.3 Å². The van der Waals surface area contributed by atoms with Gasteiger partial charge in [-0.2, -0.15) is 15.2 Å². The summed E-state index contributed by atoms with van der Waals surface area (Å²) in [6, 6.07) is 0.466. The minimum absolute atomic E-state index is 0.0839. The van der Waals surface area contributed by atoms with Gasteiger partial charge in [0, 0.05) is 56.9 Å². The average molecular weight is 670 g/mol. The molecule has 3 saturated heterocycles. The Bertz CT molecular complexity index is 978. The summed E-state index contributed by atoms with van der Waals surface area (Å²) in [5.41, 5.74) is -0.165. The third-order valence-corrected chi connectivity index (χ3v) is 10.7. The van der Waals surface area contributed by atoms with Crippen LogP contribution in [0.15, 0.2) is 0 Å². The quantitative estimate of drug-likeness (QED) is 0.202. The molecule has 3 heterocycles. The molecule has 282 valence electrons. The van der Waals surface area contributed by atoms with Crippen LogP contribution in [0.1, 0.15) is 178 Å². The molecule has 47 heavy (non-hydrogen) atoms. The SMILES string of the molecule is CC(C)(C)CC1CC(C)(C)N(O)C1(C)C.CC(C)(C)NC1CC(C)(C)N(O)C(C)(C)C1.CC(C)(C)NCC1CC(C)(C)N(O)C1(C)C. The van der Waals surface area contributed by atoms with Gasteiger partial charge in [-0.3, -0.25) is 0 Å². The van der Waals surface area contributed by atoms with Gasteiger partial charge in [-0.25, -0.2) is 0 Å². The Kier molecular flexibility index (Phi) is 13.7. The number of hydrogen-bond acceptors (Lipinski definition) is 8. The lowest BCUT2D eigenvalue weighted by Gasteiger charge is -2.52. The van der Waals surface area contributed by atoms with Gasteiger partial charge in [0.1, 0.15) is 0 Å². The van der Waals surface area contributed by atoms with Gasteiger partial charge in [0.15, 0.2) is 0 Å². The highest BCUT2D eigenvalue weighted by molar-refractivity contribution is 5.04. The van der Waals surface area contributed by atoms with Gasteiger partial charge >= 0.3 is 0 Å². The van der Waals surface area contributed by atoms with Gasteiger partial charge in [0.2, 0.25) is 0 Å². The van der Waals surface area contributed by atoms with Crippen molar-refractivity contribution in [2.45, 2.75) is 228 Å². The number of nitrogens with one attached hydrogen (secondary N) is 2. The summed E-state index contributed by atoms with van der Waals surface area (Å²) in [7, 11) is 0. The summed E-state index contributed by atoms with van der Waals surface area (Å²) in [6.45, 7) is 46.3. The van der Waals surface area contributed by atoms with E-state index in [1.54, 1.807) is 5.06 Å². The van der Waals surface area contributed by atoms with Crippen LogP contribution in [0.3, 0.4) is 0 Å². The van der Waals surface area contributed by atoms with E-state index in [4.69, 9.17) is 0 Å². The summed E-state index contributed by atoms with van der Waals surface area (Å²) in [4.78, 5) is 0. The largest absolute Gasteiger partial charge is 0.313 e.